The van der Waals surface area contributed by atoms with Crippen molar-refractivity contribution >= 4 is 9.84 Å². The second-order valence-corrected chi connectivity index (χ2v) is 7.28. The van der Waals surface area contributed by atoms with E-state index in [9.17, 15) is 8.42 Å². The van der Waals surface area contributed by atoms with Crippen LogP contribution >= 0.6 is 0 Å². The highest BCUT2D eigenvalue weighted by molar-refractivity contribution is 7.91. The highest BCUT2D eigenvalue weighted by Gasteiger charge is 2.19. The first-order chi connectivity index (χ1) is 9.01. The Bertz CT molecular complexity index is 519. The van der Waals surface area contributed by atoms with Crippen LogP contribution in [0.3, 0.4) is 0 Å². The Morgan fingerprint density at radius 1 is 1.32 bits per heavy atom. The molecular formula is C14H21NO3S. The summed E-state index contributed by atoms with van der Waals surface area (Å²) in [7, 11) is -1.06. The molecule has 1 fully saturated rings. The third-order valence-electron chi connectivity index (χ3n) is 3.51. The van der Waals surface area contributed by atoms with Crippen molar-refractivity contribution in [3.05, 3.63) is 24.3 Å². The molecule has 0 atom stereocenters. The maximum absolute atomic E-state index is 11.8. The van der Waals surface area contributed by atoms with Gasteiger partial charge in [0, 0.05) is 13.1 Å². The lowest BCUT2D eigenvalue weighted by atomic mass is 10.1. The molecule has 0 aromatic heterocycles. The van der Waals surface area contributed by atoms with Crippen LogP contribution in [0.4, 0.5) is 0 Å². The van der Waals surface area contributed by atoms with Crippen LogP contribution < -0.4 is 4.74 Å². The van der Waals surface area contributed by atoms with Crippen LogP contribution in [0.2, 0.25) is 0 Å². The number of ether oxygens (including phenoxy) is 1. The number of piperidine rings is 1. The maximum atomic E-state index is 11.8. The molecular weight excluding hydrogens is 262 g/mol. The minimum absolute atomic E-state index is 0.116. The van der Waals surface area contributed by atoms with Crippen molar-refractivity contribution in [2.24, 2.45) is 0 Å². The summed E-state index contributed by atoms with van der Waals surface area (Å²) in [5, 5.41) is 0. The summed E-state index contributed by atoms with van der Waals surface area (Å²) in [6.45, 7) is 3.70. The largest absolute Gasteiger partial charge is 0.490 e. The van der Waals surface area contributed by atoms with Gasteiger partial charge in [-0.3, -0.25) is 0 Å². The van der Waals surface area contributed by atoms with Crippen molar-refractivity contribution in [1.29, 1.82) is 0 Å². The molecule has 1 saturated heterocycles. The molecule has 106 valence electrons. The molecule has 1 aliphatic heterocycles. The van der Waals surface area contributed by atoms with Gasteiger partial charge in [-0.05, 0) is 38.1 Å². The minimum atomic E-state index is -3.16. The second-order valence-electron chi connectivity index (χ2n) is 5.00. The van der Waals surface area contributed by atoms with Gasteiger partial charge in [-0.1, -0.05) is 13.0 Å². The molecule has 0 spiro atoms. The molecule has 5 heteroatoms. The zero-order valence-corrected chi connectivity index (χ0v) is 12.3. The monoisotopic (exact) mass is 283 g/mol. The normalized spacial score (nSPS) is 18.4. The van der Waals surface area contributed by atoms with E-state index in [1.807, 2.05) is 6.07 Å². The van der Waals surface area contributed by atoms with Crippen LogP contribution in [-0.2, 0) is 9.84 Å². The summed E-state index contributed by atoms with van der Waals surface area (Å²) in [6.07, 6.45) is 2.17. The van der Waals surface area contributed by atoms with E-state index < -0.39 is 9.84 Å². The van der Waals surface area contributed by atoms with Crippen LogP contribution in [0.1, 0.15) is 19.8 Å². The summed E-state index contributed by atoms with van der Waals surface area (Å²) in [4.78, 5) is 2.62. The molecule has 0 saturated carbocycles. The maximum Gasteiger partial charge on any atom is 0.178 e. The van der Waals surface area contributed by atoms with Gasteiger partial charge in [0.25, 0.3) is 0 Å². The first-order valence-electron chi connectivity index (χ1n) is 6.69. The Morgan fingerprint density at radius 2 is 2.00 bits per heavy atom. The highest BCUT2D eigenvalue weighted by atomic mass is 32.2. The quantitative estimate of drug-likeness (QED) is 0.847. The van der Waals surface area contributed by atoms with Crippen LogP contribution in [0.25, 0.3) is 0 Å². The number of benzene rings is 1. The molecule has 4 nitrogen and oxygen atoms in total. The van der Waals surface area contributed by atoms with Crippen molar-refractivity contribution in [3.8, 4) is 5.75 Å². The zero-order valence-electron chi connectivity index (χ0n) is 11.5. The van der Waals surface area contributed by atoms with Crippen LogP contribution in [0, 0.1) is 0 Å². The molecule has 1 heterocycles. The standard InChI is InChI=1S/C14H21NO3S/c1-3-19(16,17)14-6-4-5-13(11-14)18-12-7-9-15(2)10-8-12/h4-6,11-12H,3,7-10H2,1-2H3. The lowest BCUT2D eigenvalue weighted by Crippen LogP contribution is -2.35. The van der Waals surface area contributed by atoms with E-state index in [4.69, 9.17) is 4.74 Å². The third kappa shape index (κ3) is 3.70. The number of hydrogen-bond donors (Lipinski definition) is 0. The number of hydrogen-bond acceptors (Lipinski definition) is 4. The molecule has 2 rings (SSSR count). The first kappa shape index (κ1) is 14.3. The van der Waals surface area contributed by atoms with Gasteiger partial charge in [0.05, 0.1) is 10.6 Å². The number of nitrogens with zero attached hydrogens (tertiary/aromatic N) is 1. The van der Waals surface area contributed by atoms with E-state index in [0.717, 1.165) is 25.9 Å². The first-order valence-corrected chi connectivity index (χ1v) is 8.34. The fourth-order valence-electron chi connectivity index (χ4n) is 2.20. The number of sulfone groups is 1. The predicted molar refractivity (Wildman–Crippen MR) is 75.3 cm³/mol. The van der Waals surface area contributed by atoms with E-state index >= 15 is 0 Å². The van der Waals surface area contributed by atoms with Crippen LogP contribution in [0.15, 0.2) is 29.2 Å². The topological polar surface area (TPSA) is 46.6 Å². The highest BCUT2D eigenvalue weighted by Crippen LogP contribution is 2.22. The Hall–Kier alpha value is -1.07. The van der Waals surface area contributed by atoms with E-state index in [2.05, 4.69) is 11.9 Å². The number of likely N-dealkylation sites (tertiary alicyclic amines) is 1. The molecule has 0 unspecified atom stereocenters. The van der Waals surface area contributed by atoms with Gasteiger partial charge in [0.15, 0.2) is 9.84 Å². The summed E-state index contributed by atoms with van der Waals surface area (Å²) >= 11 is 0. The molecule has 1 aromatic rings. The Labute approximate surface area is 115 Å². The van der Waals surface area contributed by atoms with E-state index in [1.165, 1.54) is 0 Å². The van der Waals surface area contributed by atoms with Gasteiger partial charge in [-0.2, -0.15) is 0 Å². The molecule has 19 heavy (non-hydrogen) atoms. The average molecular weight is 283 g/mol. The van der Waals surface area contributed by atoms with Gasteiger partial charge in [-0.25, -0.2) is 8.42 Å². The van der Waals surface area contributed by atoms with E-state index in [1.54, 1.807) is 25.1 Å². The summed E-state index contributed by atoms with van der Waals surface area (Å²) in [5.41, 5.74) is 0. The van der Waals surface area contributed by atoms with Gasteiger partial charge in [0.2, 0.25) is 0 Å². The van der Waals surface area contributed by atoms with Crippen LogP contribution in [0.5, 0.6) is 5.75 Å². The van der Waals surface area contributed by atoms with Crippen molar-refractivity contribution in [3.63, 3.8) is 0 Å². The third-order valence-corrected chi connectivity index (χ3v) is 5.25. The van der Waals surface area contributed by atoms with Gasteiger partial charge in [-0.15, -0.1) is 0 Å². The Balaban J connectivity index is 2.07. The SMILES string of the molecule is CCS(=O)(=O)c1cccc(OC2CCN(C)CC2)c1. The smallest absolute Gasteiger partial charge is 0.178 e. The summed E-state index contributed by atoms with van der Waals surface area (Å²) in [5.74, 6) is 0.772. The van der Waals surface area contributed by atoms with Crippen molar-refractivity contribution in [2.75, 3.05) is 25.9 Å². The van der Waals surface area contributed by atoms with E-state index in [-0.39, 0.29) is 11.9 Å². The molecule has 0 aliphatic carbocycles. The van der Waals surface area contributed by atoms with Gasteiger partial charge < -0.3 is 9.64 Å². The van der Waals surface area contributed by atoms with Crippen molar-refractivity contribution in [2.45, 2.75) is 30.8 Å². The Kier molecular flexibility index (Phi) is 4.47. The zero-order chi connectivity index (χ0) is 13.9. The van der Waals surface area contributed by atoms with Gasteiger partial charge >= 0.3 is 0 Å². The number of rotatable bonds is 4. The minimum Gasteiger partial charge on any atom is -0.490 e. The van der Waals surface area contributed by atoms with E-state index in [0.29, 0.717) is 10.6 Å². The molecule has 1 aromatic carbocycles. The summed E-state index contributed by atoms with van der Waals surface area (Å²) in [6, 6.07) is 6.83. The molecule has 0 radical (unpaired) electrons. The fourth-order valence-corrected chi connectivity index (χ4v) is 3.12. The lowest BCUT2D eigenvalue weighted by molar-refractivity contribution is 0.114. The summed E-state index contributed by atoms with van der Waals surface area (Å²) < 4.78 is 29.5. The van der Waals surface area contributed by atoms with Crippen molar-refractivity contribution in [1.82, 2.24) is 4.90 Å². The molecule has 1 aliphatic rings. The van der Waals surface area contributed by atoms with Gasteiger partial charge in [0.1, 0.15) is 11.9 Å². The second kappa shape index (κ2) is 5.92. The molecule has 0 amide bonds. The average Bonchev–Trinajstić information content (AvgIpc) is 2.42. The predicted octanol–water partition coefficient (Wildman–Crippen LogP) is 1.95. The lowest BCUT2D eigenvalue weighted by Gasteiger charge is -2.29. The Morgan fingerprint density at radius 3 is 2.63 bits per heavy atom. The van der Waals surface area contributed by atoms with Crippen molar-refractivity contribution < 1.29 is 13.2 Å². The fraction of sp³-hybridized carbons (Fsp3) is 0.571. The van der Waals surface area contributed by atoms with Crippen LogP contribution in [-0.4, -0.2) is 45.3 Å². The molecule has 0 N–H and O–H groups in total. The molecule has 0 bridgehead atoms.